The van der Waals surface area contributed by atoms with Gasteiger partial charge in [0.25, 0.3) is 0 Å². The molecule has 0 amide bonds. The predicted octanol–water partition coefficient (Wildman–Crippen LogP) is 3.37. The fourth-order valence-corrected chi connectivity index (χ4v) is 3.08. The summed E-state index contributed by atoms with van der Waals surface area (Å²) in [7, 11) is 1.81. The van der Waals surface area contributed by atoms with Gasteiger partial charge in [0.2, 0.25) is 0 Å². The first kappa shape index (κ1) is 16.1. The van der Waals surface area contributed by atoms with Gasteiger partial charge in [-0.2, -0.15) is 0 Å². The molecule has 2 rings (SSSR count). The first-order valence-electron chi connectivity index (χ1n) is 7.72. The number of hydrogen-bond acceptors (Lipinski definition) is 2. The van der Waals surface area contributed by atoms with Crippen LogP contribution >= 0.6 is 11.6 Å². The van der Waals surface area contributed by atoms with Crippen molar-refractivity contribution in [3.63, 3.8) is 0 Å². The molecule has 1 fully saturated rings. The van der Waals surface area contributed by atoms with Crippen LogP contribution in [0, 0.1) is 5.41 Å². The number of nitrogens with one attached hydrogen (secondary N) is 2. The van der Waals surface area contributed by atoms with Gasteiger partial charge in [-0.3, -0.25) is 4.99 Å². The van der Waals surface area contributed by atoms with E-state index in [0.29, 0.717) is 17.1 Å². The Morgan fingerprint density at radius 1 is 1.33 bits per heavy atom. The topological polar surface area (TPSA) is 49.3 Å². The Hall–Kier alpha value is -1.29. The number of hydrogen-bond donors (Lipinski definition) is 2. The van der Waals surface area contributed by atoms with Crippen LogP contribution in [0.4, 0.5) is 0 Å². The van der Waals surface area contributed by atoms with Crippen LogP contribution in [0.5, 0.6) is 0 Å². The van der Waals surface area contributed by atoms with Crippen molar-refractivity contribution in [1.29, 1.82) is 0 Å². The van der Waals surface area contributed by atoms with Gasteiger partial charge < -0.3 is 10.6 Å². The fourth-order valence-electron chi connectivity index (χ4n) is 2.97. The standard InChI is InChI=1S/C16H25ClN4/c1-3-16(8-4-5-9-16)12-21-15(18-2)20-11-13-6-7-14(17)19-10-13/h6-7,10H,3-5,8-9,11-12H2,1-2H3,(H2,18,20,21). The maximum Gasteiger partial charge on any atom is 0.191 e. The summed E-state index contributed by atoms with van der Waals surface area (Å²) in [4.78, 5) is 8.38. The molecular weight excluding hydrogens is 284 g/mol. The van der Waals surface area contributed by atoms with E-state index in [1.165, 1.54) is 32.1 Å². The molecule has 0 unspecified atom stereocenters. The summed E-state index contributed by atoms with van der Waals surface area (Å²) >= 11 is 5.79. The van der Waals surface area contributed by atoms with Crippen LogP contribution < -0.4 is 10.6 Å². The normalized spacial score (nSPS) is 17.8. The molecule has 0 bridgehead atoms. The lowest BCUT2D eigenvalue weighted by Crippen LogP contribution is -2.42. The van der Waals surface area contributed by atoms with Gasteiger partial charge in [-0.15, -0.1) is 0 Å². The van der Waals surface area contributed by atoms with Gasteiger partial charge >= 0.3 is 0 Å². The van der Waals surface area contributed by atoms with E-state index in [2.05, 4.69) is 27.5 Å². The summed E-state index contributed by atoms with van der Waals surface area (Å²) in [5, 5.41) is 7.32. The van der Waals surface area contributed by atoms with E-state index in [4.69, 9.17) is 11.6 Å². The quantitative estimate of drug-likeness (QED) is 0.498. The lowest BCUT2D eigenvalue weighted by molar-refractivity contribution is 0.283. The van der Waals surface area contributed by atoms with Crippen LogP contribution in [0.3, 0.4) is 0 Å². The summed E-state index contributed by atoms with van der Waals surface area (Å²) < 4.78 is 0. The number of halogens is 1. The molecule has 0 spiro atoms. The minimum absolute atomic E-state index is 0.458. The van der Waals surface area contributed by atoms with Gasteiger partial charge in [0.15, 0.2) is 5.96 Å². The Morgan fingerprint density at radius 3 is 2.67 bits per heavy atom. The Bertz CT molecular complexity index is 464. The minimum atomic E-state index is 0.458. The van der Waals surface area contributed by atoms with Gasteiger partial charge in [-0.05, 0) is 36.3 Å². The number of pyridine rings is 1. The summed E-state index contributed by atoms with van der Waals surface area (Å²) in [6.45, 7) is 3.99. The third kappa shape index (κ3) is 4.60. The zero-order valence-corrected chi connectivity index (χ0v) is 13.7. The van der Waals surface area contributed by atoms with Gasteiger partial charge in [0.05, 0.1) is 0 Å². The Kier molecular flexibility index (Phi) is 5.85. The molecule has 1 aromatic rings. The Balaban J connectivity index is 1.82. The van der Waals surface area contributed by atoms with Gasteiger partial charge in [-0.25, -0.2) is 4.98 Å². The summed E-state index contributed by atoms with van der Waals surface area (Å²) in [5.74, 6) is 0.852. The van der Waals surface area contributed by atoms with Crippen LogP contribution in [0.15, 0.2) is 23.3 Å². The van der Waals surface area contributed by atoms with Crippen LogP contribution in [-0.4, -0.2) is 24.5 Å². The molecule has 1 aliphatic rings. The Labute approximate surface area is 132 Å². The smallest absolute Gasteiger partial charge is 0.191 e. The lowest BCUT2D eigenvalue weighted by atomic mass is 9.83. The third-order valence-electron chi connectivity index (χ3n) is 4.52. The molecule has 116 valence electrons. The maximum absolute atomic E-state index is 5.79. The molecule has 1 aliphatic carbocycles. The van der Waals surface area contributed by atoms with Gasteiger partial charge in [0, 0.05) is 26.3 Å². The highest BCUT2D eigenvalue weighted by molar-refractivity contribution is 6.29. The second kappa shape index (κ2) is 7.64. The first-order valence-corrected chi connectivity index (χ1v) is 8.10. The molecule has 0 atom stereocenters. The van der Waals surface area contributed by atoms with Crippen molar-refractivity contribution in [3.05, 3.63) is 29.0 Å². The van der Waals surface area contributed by atoms with Crippen LogP contribution in [0.25, 0.3) is 0 Å². The largest absolute Gasteiger partial charge is 0.356 e. The zero-order valence-electron chi connectivity index (χ0n) is 13.0. The second-order valence-electron chi connectivity index (χ2n) is 5.83. The molecule has 21 heavy (non-hydrogen) atoms. The van der Waals surface area contributed by atoms with Crippen molar-refractivity contribution in [2.75, 3.05) is 13.6 Å². The van der Waals surface area contributed by atoms with E-state index < -0.39 is 0 Å². The average Bonchev–Trinajstić information content (AvgIpc) is 2.99. The van der Waals surface area contributed by atoms with Crippen LogP contribution in [0.1, 0.15) is 44.6 Å². The number of aliphatic imine (C=N–C) groups is 1. The summed E-state index contributed by atoms with van der Waals surface area (Å²) in [6.07, 6.45) is 8.39. The molecule has 1 heterocycles. The van der Waals surface area contributed by atoms with Gasteiger partial charge in [0.1, 0.15) is 5.15 Å². The first-order chi connectivity index (χ1) is 10.2. The third-order valence-corrected chi connectivity index (χ3v) is 4.74. The average molecular weight is 309 g/mol. The van der Waals surface area contributed by atoms with Gasteiger partial charge in [-0.1, -0.05) is 37.4 Å². The number of aromatic nitrogens is 1. The molecule has 0 aliphatic heterocycles. The van der Waals surface area contributed by atoms with Crippen LogP contribution in [-0.2, 0) is 6.54 Å². The molecule has 4 nitrogen and oxygen atoms in total. The van der Waals surface area contributed by atoms with E-state index in [9.17, 15) is 0 Å². The molecule has 0 radical (unpaired) electrons. The summed E-state index contributed by atoms with van der Waals surface area (Å²) in [6, 6.07) is 3.78. The predicted molar refractivity (Wildman–Crippen MR) is 88.6 cm³/mol. The van der Waals surface area contributed by atoms with Crippen molar-refractivity contribution in [2.45, 2.75) is 45.6 Å². The van der Waals surface area contributed by atoms with E-state index in [1.54, 1.807) is 12.3 Å². The molecule has 2 N–H and O–H groups in total. The van der Waals surface area contributed by atoms with Crippen molar-refractivity contribution in [1.82, 2.24) is 15.6 Å². The SMILES string of the molecule is CCC1(CNC(=NC)NCc2ccc(Cl)nc2)CCCC1. The number of guanidine groups is 1. The molecule has 1 saturated carbocycles. The molecular formula is C16H25ClN4. The number of nitrogens with zero attached hydrogens (tertiary/aromatic N) is 2. The van der Waals surface area contributed by atoms with E-state index in [-0.39, 0.29) is 0 Å². The molecule has 5 heteroatoms. The molecule has 0 aromatic carbocycles. The van der Waals surface area contributed by atoms with Crippen LogP contribution in [0.2, 0.25) is 5.15 Å². The lowest BCUT2D eigenvalue weighted by Gasteiger charge is -2.28. The fraction of sp³-hybridized carbons (Fsp3) is 0.625. The highest BCUT2D eigenvalue weighted by atomic mass is 35.5. The zero-order chi connectivity index (χ0) is 15.1. The Morgan fingerprint density at radius 2 is 2.10 bits per heavy atom. The molecule has 0 saturated heterocycles. The van der Waals surface area contributed by atoms with Crippen molar-refractivity contribution in [3.8, 4) is 0 Å². The van der Waals surface area contributed by atoms with Crippen molar-refractivity contribution >= 4 is 17.6 Å². The van der Waals surface area contributed by atoms with Crippen molar-refractivity contribution < 1.29 is 0 Å². The van der Waals surface area contributed by atoms with E-state index in [1.807, 2.05) is 13.1 Å². The highest BCUT2D eigenvalue weighted by Crippen LogP contribution is 2.40. The highest BCUT2D eigenvalue weighted by Gasteiger charge is 2.31. The van der Waals surface area contributed by atoms with E-state index >= 15 is 0 Å². The molecule has 1 aromatic heterocycles. The maximum atomic E-state index is 5.79. The summed E-state index contributed by atoms with van der Waals surface area (Å²) in [5.41, 5.74) is 1.55. The number of rotatable bonds is 5. The second-order valence-corrected chi connectivity index (χ2v) is 6.22. The minimum Gasteiger partial charge on any atom is -0.356 e. The van der Waals surface area contributed by atoms with E-state index in [0.717, 1.165) is 18.1 Å². The monoisotopic (exact) mass is 308 g/mol. The van der Waals surface area contributed by atoms with Crippen molar-refractivity contribution in [2.24, 2.45) is 10.4 Å².